The molecule has 4 rings (SSSR count). The van der Waals surface area contributed by atoms with Crippen LogP contribution in [0.3, 0.4) is 0 Å². The molecule has 3 heterocycles. The molecule has 0 bridgehead atoms. The first-order chi connectivity index (χ1) is 25.3. The van der Waals surface area contributed by atoms with E-state index in [1.165, 1.54) is 21.0 Å². The third-order valence-corrected chi connectivity index (χ3v) is 12.1. The van der Waals surface area contributed by atoms with Gasteiger partial charge in [-0.3, -0.25) is 9.59 Å². The molecule has 54 heavy (non-hydrogen) atoms. The Bertz CT molecular complexity index is 1420. The summed E-state index contributed by atoms with van der Waals surface area (Å²) in [7, 11) is 9.10. The molecule has 2 saturated heterocycles. The number of nitrogens with zero attached hydrogens (tertiary/aromatic N) is 5. The fourth-order valence-electron chi connectivity index (χ4n) is 8.55. The number of ether oxygens (including phenoxy) is 4. The highest BCUT2D eigenvalue weighted by molar-refractivity contribution is 6.05. The number of carbonyl (C=O) groups is 2. The minimum Gasteiger partial charge on any atom is -0.459 e. The summed E-state index contributed by atoms with van der Waals surface area (Å²) in [5.41, 5.74) is -1.91. The van der Waals surface area contributed by atoms with E-state index in [1.807, 2.05) is 32.7 Å². The molecular weight excluding hydrogens is 697 g/mol. The Kier molecular flexibility index (Phi) is 15.3. The van der Waals surface area contributed by atoms with Crippen LogP contribution in [0.2, 0.25) is 0 Å². The Morgan fingerprint density at radius 3 is 2.37 bits per heavy atom. The smallest absolute Gasteiger partial charge is 0.316 e. The summed E-state index contributed by atoms with van der Waals surface area (Å²) in [6.07, 6.45) is 0.709. The van der Waals surface area contributed by atoms with E-state index in [-0.39, 0.29) is 31.1 Å². The third-order valence-electron chi connectivity index (χ3n) is 12.1. The molecule has 0 aromatic carbocycles. The lowest BCUT2D eigenvalue weighted by molar-refractivity contribution is -0.295. The standard InChI is InChI=1S/C38H64BN5O10/c1-11-29-38(8,49)33(47)23(4)30(41-54-27-14-12-13-15-27)21(2)19-37(7,50-10)34(24(5)31(45)25(6)35(48)52-29)53-36-32(46)28(18-22(3)51-36)43(9)17-16-26-20-44(39)42-40-26/h20-25,27-29,32-34,36,46-47,49H,11-19H2,1-10H3/b41-30+/t21-,22-,23-,24+,25-,28+,29-,32-,33-,34-,36+,37-,38-/m1/s1. The van der Waals surface area contributed by atoms with Crippen LogP contribution in [-0.4, -0.2) is 141 Å². The van der Waals surface area contributed by atoms with Crippen molar-refractivity contribution >= 4 is 25.4 Å². The van der Waals surface area contributed by atoms with Crippen LogP contribution < -0.4 is 0 Å². The first-order valence-electron chi connectivity index (χ1n) is 19.6. The first-order valence-corrected chi connectivity index (χ1v) is 19.6. The molecule has 15 nitrogen and oxygen atoms in total. The van der Waals surface area contributed by atoms with Crippen LogP contribution in [0.15, 0.2) is 11.4 Å². The zero-order chi connectivity index (χ0) is 40.1. The van der Waals surface area contributed by atoms with Gasteiger partial charge in [-0.25, -0.2) is 0 Å². The summed E-state index contributed by atoms with van der Waals surface area (Å²) in [6, 6.07) is -0.370. The maximum absolute atomic E-state index is 14.3. The SMILES string of the molecule is [B]n1cc(CCN(C)[C@H]2C[C@@H](C)O[C@@H](O[C@@H]3[C@@H](C)C(=O)[C@@H](C)C(=O)O[C@H](CC)[C@@](C)(O)[C@H](O)[C@H](C)/C(=N/OC4CCCC4)[C@H](C)C[C@@]3(C)OC)[C@@H]2O)nn1. The Morgan fingerprint density at radius 1 is 1.11 bits per heavy atom. The number of ketones is 1. The molecule has 1 aromatic rings. The van der Waals surface area contributed by atoms with Crippen molar-refractivity contribution in [2.45, 2.75) is 167 Å². The van der Waals surface area contributed by atoms with Crippen LogP contribution in [-0.2, 0) is 39.8 Å². The Labute approximate surface area is 321 Å². The molecule has 13 atom stereocenters. The fraction of sp³-hybridized carbons (Fsp3) is 0.868. The van der Waals surface area contributed by atoms with Crippen molar-refractivity contribution in [2.24, 2.45) is 28.8 Å². The lowest BCUT2D eigenvalue weighted by Crippen LogP contribution is -2.60. The second-order valence-corrected chi connectivity index (χ2v) is 16.4. The molecule has 2 radical (unpaired) electrons. The van der Waals surface area contributed by atoms with Gasteiger partial charge in [-0.1, -0.05) is 38.1 Å². The Morgan fingerprint density at radius 2 is 1.78 bits per heavy atom. The number of oxime groups is 1. The topological polar surface area (TPSA) is 187 Å². The lowest BCUT2D eigenvalue weighted by Gasteiger charge is -2.47. The van der Waals surface area contributed by atoms with Crippen molar-refractivity contribution in [1.29, 1.82) is 0 Å². The van der Waals surface area contributed by atoms with Crippen LogP contribution in [0.4, 0.5) is 0 Å². The van der Waals surface area contributed by atoms with Crippen molar-refractivity contribution in [2.75, 3.05) is 20.7 Å². The van der Waals surface area contributed by atoms with Gasteiger partial charge in [-0.05, 0) is 79.7 Å². The number of carbonyl (C=O) groups excluding carboxylic acids is 2. The fourth-order valence-corrected chi connectivity index (χ4v) is 8.55. The zero-order valence-corrected chi connectivity index (χ0v) is 33.9. The molecule has 3 N–H and O–H groups in total. The van der Waals surface area contributed by atoms with E-state index in [0.717, 1.165) is 30.3 Å². The van der Waals surface area contributed by atoms with Gasteiger partial charge in [-0.15, -0.1) is 5.10 Å². The molecular formula is C38H64BN5O10. The van der Waals surface area contributed by atoms with Crippen LogP contribution in [0.5, 0.6) is 0 Å². The van der Waals surface area contributed by atoms with Crippen molar-refractivity contribution in [3.05, 3.63) is 11.9 Å². The molecule has 304 valence electrons. The predicted molar refractivity (Wildman–Crippen MR) is 200 cm³/mol. The Hall–Kier alpha value is -2.47. The molecule has 16 heteroatoms. The zero-order valence-electron chi connectivity index (χ0n) is 33.9. The highest BCUT2D eigenvalue weighted by Crippen LogP contribution is 2.39. The number of cyclic esters (lactones) is 1. The van der Waals surface area contributed by atoms with Crippen LogP contribution in [0.1, 0.15) is 106 Å². The highest BCUT2D eigenvalue weighted by Gasteiger charge is 2.52. The van der Waals surface area contributed by atoms with E-state index < -0.39 is 77.3 Å². The summed E-state index contributed by atoms with van der Waals surface area (Å²) in [5.74, 6) is -4.66. The number of esters is 1. The molecule has 0 spiro atoms. The number of Topliss-reactive ketones (excluding diaryl/α,β-unsaturated/α-hetero) is 1. The second kappa shape index (κ2) is 18.7. The number of aliphatic hydroxyl groups is 3. The molecule has 0 unspecified atom stereocenters. The van der Waals surface area contributed by atoms with E-state index in [9.17, 15) is 24.9 Å². The average molecular weight is 762 g/mol. The van der Waals surface area contributed by atoms with Crippen LogP contribution in [0.25, 0.3) is 0 Å². The summed E-state index contributed by atoms with van der Waals surface area (Å²) in [4.78, 5) is 36.0. The molecule has 3 fully saturated rings. The monoisotopic (exact) mass is 761 g/mol. The minimum absolute atomic E-state index is 0.0661. The normalized spacial score (nSPS) is 40.2. The van der Waals surface area contributed by atoms with E-state index >= 15 is 0 Å². The minimum atomic E-state index is -1.88. The van der Waals surface area contributed by atoms with Gasteiger partial charge in [0.05, 0.1) is 35.3 Å². The molecule has 1 aliphatic carbocycles. The number of rotatable bonds is 10. The van der Waals surface area contributed by atoms with Gasteiger partial charge in [0.1, 0.15) is 29.8 Å². The maximum atomic E-state index is 14.3. The number of methoxy groups -OCH3 is 1. The summed E-state index contributed by atoms with van der Waals surface area (Å²) >= 11 is 0. The van der Waals surface area contributed by atoms with E-state index in [2.05, 4.69) is 15.5 Å². The van der Waals surface area contributed by atoms with Crippen molar-refractivity contribution in [1.82, 2.24) is 19.8 Å². The van der Waals surface area contributed by atoms with Crippen molar-refractivity contribution in [3.63, 3.8) is 0 Å². The van der Waals surface area contributed by atoms with Gasteiger partial charge < -0.3 is 48.6 Å². The Balaban J connectivity index is 1.72. The van der Waals surface area contributed by atoms with E-state index in [0.29, 0.717) is 30.8 Å². The van der Waals surface area contributed by atoms with Gasteiger partial charge >= 0.3 is 5.97 Å². The van der Waals surface area contributed by atoms with Gasteiger partial charge in [0, 0.05) is 50.1 Å². The summed E-state index contributed by atoms with van der Waals surface area (Å²) in [5, 5.41) is 47.8. The molecule has 3 aliphatic rings. The maximum Gasteiger partial charge on any atom is 0.316 e. The first kappa shape index (κ1) is 44.3. The highest BCUT2D eigenvalue weighted by atomic mass is 16.7. The number of hydrogen-bond donors (Lipinski definition) is 3. The summed E-state index contributed by atoms with van der Waals surface area (Å²) in [6.45, 7) is 14.3. The molecule has 1 aromatic heterocycles. The average Bonchev–Trinajstić information content (AvgIpc) is 3.82. The van der Waals surface area contributed by atoms with Gasteiger partial charge in [0.2, 0.25) is 0 Å². The quantitative estimate of drug-likeness (QED) is 0.137. The van der Waals surface area contributed by atoms with Gasteiger partial charge in [-0.2, -0.15) is 0 Å². The van der Waals surface area contributed by atoms with Crippen molar-refractivity contribution in [3.8, 4) is 0 Å². The second-order valence-electron chi connectivity index (χ2n) is 16.4. The third kappa shape index (κ3) is 10.1. The number of hydrogen-bond acceptors (Lipinski definition) is 14. The van der Waals surface area contributed by atoms with Crippen molar-refractivity contribution < 1.29 is 48.7 Å². The van der Waals surface area contributed by atoms with E-state index in [1.54, 1.807) is 27.0 Å². The largest absolute Gasteiger partial charge is 0.459 e. The molecule has 1 saturated carbocycles. The predicted octanol–water partition coefficient (Wildman–Crippen LogP) is 2.60. The molecule has 2 aliphatic heterocycles. The number of likely N-dealkylation sites (N-methyl/N-ethyl adjacent to an activating group) is 1. The molecule has 0 amide bonds. The van der Waals surface area contributed by atoms with E-state index in [4.69, 9.17) is 31.8 Å². The lowest BCUT2D eigenvalue weighted by atomic mass is 9.74. The summed E-state index contributed by atoms with van der Waals surface area (Å²) < 4.78 is 26.2. The number of aromatic nitrogens is 3. The van der Waals surface area contributed by atoms with Crippen LogP contribution in [0, 0.1) is 23.7 Å². The van der Waals surface area contributed by atoms with Crippen LogP contribution >= 0.6 is 0 Å². The van der Waals surface area contributed by atoms with Gasteiger partial charge in [0.15, 0.2) is 12.1 Å². The van der Waals surface area contributed by atoms with Gasteiger partial charge in [0.25, 0.3) is 7.98 Å². The number of aliphatic hydroxyl groups excluding tert-OH is 2.